The minimum Gasteiger partial charge on any atom is -0.355 e. The van der Waals surface area contributed by atoms with Crippen LogP contribution in [-0.2, 0) is 4.79 Å². The zero-order valence-corrected chi connectivity index (χ0v) is 10.3. The molecule has 0 aliphatic rings. The lowest BCUT2D eigenvalue weighted by Gasteiger charge is -2.14. The summed E-state index contributed by atoms with van der Waals surface area (Å²) in [6, 6.07) is 4.20. The molecule has 0 spiro atoms. The number of likely N-dealkylation sites (N-methyl/N-ethyl adjacent to an activating group) is 1. The Balaban J connectivity index is 2.46. The molecular weight excluding hydrogens is 237 g/mol. The molecule has 0 heterocycles. The number of amides is 3. The van der Waals surface area contributed by atoms with Crippen LogP contribution in [0.25, 0.3) is 0 Å². The zero-order valence-electron chi connectivity index (χ0n) is 10.3. The summed E-state index contributed by atoms with van der Waals surface area (Å²) in [6.45, 7) is 3.88. The summed E-state index contributed by atoms with van der Waals surface area (Å²) >= 11 is 0. The van der Waals surface area contributed by atoms with Gasteiger partial charge in [0, 0.05) is 12.2 Å². The van der Waals surface area contributed by atoms with Crippen molar-refractivity contribution in [3.8, 4) is 0 Å². The van der Waals surface area contributed by atoms with Gasteiger partial charge in [-0.25, -0.2) is 9.18 Å². The Bertz CT molecular complexity index is 420. The van der Waals surface area contributed by atoms with E-state index in [2.05, 4.69) is 16.0 Å². The van der Waals surface area contributed by atoms with E-state index in [1.165, 1.54) is 24.3 Å². The molecular formula is C12H16FN3O2. The van der Waals surface area contributed by atoms with Crippen molar-refractivity contribution >= 4 is 17.6 Å². The Kier molecular flexibility index (Phi) is 5.10. The fourth-order valence-electron chi connectivity index (χ4n) is 1.29. The topological polar surface area (TPSA) is 70.2 Å². The SMILES string of the molecule is CCNC(=O)[C@@H](C)NC(=O)Nc1ccc(F)cc1. The summed E-state index contributed by atoms with van der Waals surface area (Å²) in [4.78, 5) is 22.9. The van der Waals surface area contributed by atoms with Crippen molar-refractivity contribution in [2.24, 2.45) is 0 Å². The fraction of sp³-hybridized carbons (Fsp3) is 0.333. The van der Waals surface area contributed by atoms with E-state index in [1.54, 1.807) is 13.8 Å². The summed E-state index contributed by atoms with van der Waals surface area (Å²) in [5.41, 5.74) is 0.456. The van der Waals surface area contributed by atoms with Crippen LogP contribution in [0, 0.1) is 5.82 Å². The molecule has 0 aromatic heterocycles. The van der Waals surface area contributed by atoms with Crippen LogP contribution in [0.5, 0.6) is 0 Å². The zero-order chi connectivity index (χ0) is 13.5. The Morgan fingerprint density at radius 1 is 1.28 bits per heavy atom. The van der Waals surface area contributed by atoms with Gasteiger partial charge in [-0.1, -0.05) is 0 Å². The first kappa shape index (κ1) is 14.0. The third kappa shape index (κ3) is 4.40. The maximum absolute atomic E-state index is 12.6. The van der Waals surface area contributed by atoms with Crippen LogP contribution >= 0.6 is 0 Å². The van der Waals surface area contributed by atoms with E-state index in [0.29, 0.717) is 12.2 Å². The second kappa shape index (κ2) is 6.58. The molecule has 0 aliphatic carbocycles. The van der Waals surface area contributed by atoms with E-state index in [1.807, 2.05) is 0 Å². The third-order valence-electron chi connectivity index (χ3n) is 2.19. The number of carbonyl (C=O) groups excluding carboxylic acids is 2. The lowest BCUT2D eigenvalue weighted by Crippen LogP contribution is -2.46. The largest absolute Gasteiger partial charge is 0.355 e. The third-order valence-corrected chi connectivity index (χ3v) is 2.19. The lowest BCUT2D eigenvalue weighted by molar-refractivity contribution is -0.122. The summed E-state index contributed by atoms with van der Waals surface area (Å²) in [5, 5.41) is 7.56. The van der Waals surface area contributed by atoms with Crippen LogP contribution in [0.1, 0.15) is 13.8 Å². The smallest absolute Gasteiger partial charge is 0.319 e. The van der Waals surface area contributed by atoms with Crippen molar-refractivity contribution < 1.29 is 14.0 Å². The van der Waals surface area contributed by atoms with Crippen molar-refractivity contribution in [3.05, 3.63) is 30.1 Å². The molecule has 1 rings (SSSR count). The van der Waals surface area contributed by atoms with Crippen molar-refractivity contribution in [3.63, 3.8) is 0 Å². The van der Waals surface area contributed by atoms with Gasteiger partial charge in [0.2, 0.25) is 5.91 Å². The Hall–Kier alpha value is -2.11. The molecule has 5 nitrogen and oxygen atoms in total. The number of anilines is 1. The maximum Gasteiger partial charge on any atom is 0.319 e. The number of halogens is 1. The van der Waals surface area contributed by atoms with Crippen LogP contribution in [0.3, 0.4) is 0 Å². The van der Waals surface area contributed by atoms with Crippen molar-refractivity contribution in [1.29, 1.82) is 0 Å². The predicted molar refractivity (Wildman–Crippen MR) is 66.7 cm³/mol. The van der Waals surface area contributed by atoms with Gasteiger partial charge in [0.25, 0.3) is 0 Å². The van der Waals surface area contributed by atoms with Gasteiger partial charge in [-0.3, -0.25) is 4.79 Å². The standard InChI is InChI=1S/C12H16FN3O2/c1-3-14-11(17)8(2)15-12(18)16-10-6-4-9(13)5-7-10/h4-8H,3H2,1-2H3,(H,14,17)(H2,15,16,18)/t8-/m1/s1. The van der Waals surface area contributed by atoms with Gasteiger partial charge in [-0.05, 0) is 38.1 Å². The molecule has 0 fully saturated rings. The van der Waals surface area contributed by atoms with Crippen LogP contribution < -0.4 is 16.0 Å². The van der Waals surface area contributed by atoms with Crippen molar-refractivity contribution in [1.82, 2.24) is 10.6 Å². The number of rotatable bonds is 4. The average Bonchev–Trinajstić information content (AvgIpc) is 2.32. The summed E-state index contributed by atoms with van der Waals surface area (Å²) in [7, 11) is 0. The average molecular weight is 253 g/mol. The summed E-state index contributed by atoms with van der Waals surface area (Å²) in [5.74, 6) is -0.636. The van der Waals surface area contributed by atoms with Crippen LogP contribution in [-0.4, -0.2) is 24.5 Å². The predicted octanol–water partition coefficient (Wildman–Crippen LogP) is 1.47. The molecule has 98 valence electrons. The van der Waals surface area contributed by atoms with E-state index >= 15 is 0 Å². The van der Waals surface area contributed by atoms with Gasteiger partial charge >= 0.3 is 6.03 Å². The Morgan fingerprint density at radius 2 is 1.89 bits per heavy atom. The normalized spacial score (nSPS) is 11.5. The summed E-state index contributed by atoms with van der Waals surface area (Å²) < 4.78 is 12.6. The van der Waals surface area contributed by atoms with Gasteiger partial charge in [-0.15, -0.1) is 0 Å². The molecule has 1 atom stereocenters. The first-order chi connectivity index (χ1) is 8.52. The minimum atomic E-state index is -0.634. The van der Waals surface area contributed by atoms with Gasteiger partial charge < -0.3 is 16.0 Å². The molecule has 6 heteroatoms. The highest BCUT2D eigenvalue weighted by molar-refractivity contribution is 5.93. The molecule has 0 unspecified atom stereocenters. The highest BCUT2D eigenvalue weighted by Gasteiger charge is 2.14. The molecule has 0 radical (unpaired) electrons. The molecule has 1 aromatic carbocycles. The molecule has 3 N–H and O–H groups in total. The number of benzene rings is 1. The highest BCUT2D eigenvalue weighted by atomic mass is 19.1. The number of hydrogen-bond acceptors (Lipinski definition) is 2. The van der Waals surface area contributed by atoms with Gasteiger partial charge in [0.15, 0.2) is 0 Å². The van der Waals surface area contributed by atoms with E-state index in [9.17, 15) is 14.0 Å². The first-order valence-electron chi connectivity index (χ1n) is 5.63. The molecule has 3 amide bonds. The fourth-order valence-corrected chi connectivity index (χ4v) is 1.29. The summed E-state index contributed by atoms with van der Waals surface area (Å²) in [6.07, 6.45) is 0. The first-order valence-corrected chi connectivity index (χ1v) is 5.63. The monoisotopic (exact) mass is 253 g/mol. The van der Waals surface area contributed by atoms with Crippen LogP contribution in [0.2, 0.25) is 0 Å². The van der Waals surface area contributed by atoms with E-state index in [0.717, 1.165) is 0 Å². The minimum absolute atomic E-state index is 0.258. The van der Waals surface area contributed by atoms with Crippen LogP contribution in [0.4, 0.5) is 14.9 Å². The highest BCUT2D eigenvalue weighted by Crippen LogP contribution is 2.07. The second-order valence-electron chi connectivity index (χ2n) is 3.72. The molecule has 18 heavy (non-hydrogen) atoms. The number of urea groups is 1. The van der Waals surface area contributed by atoms with Crippen molar-refractivity contribution in [2.75, 3.05) is 11.9 Å². The van der Waals surface area contributed by atoms with Crippen LogP contribution in [0.15, 0.2) is 24.3 Å². The number of nitrogens with one attached hydrogen (secondary N) is 3. The lowest BCUT2D eigenvalue weighted by atomic mass is 10.3. The molecule has 0 saturated heterocycles. The Labute approximate surface area is 105 Å². The van der Waals surface area contributed by atoms with Gasteiger partial charge in [0.1, 0.15) is 11.9 Å². The maximum atomic E-state index is 12.6. The molecule has 0 aliphatic heterocycles. The van der Waals surface area contributed by atoms with E-state index < -0.39 is 12.1 Å². The van der Waals surface area contributed by atoms with E-state index in [-0.39, 0.29) is 11.7 Å². The van der Waals surface area contributed by atoms with Gasteiger partial charge in [0.05, 0.1) is 0 Å². The molecule has 1 aromatic rings. The molecule has 0 bridgehead atoms. The Morgan fingerprint density at radius 3 is 2.44 bits per heavy atom. The molecule has 0 saturated carbocycles. The van der Waals surface area contributed by atoms with E-state index in [4.69, 9.17) is 0 Å². The number of hydrogen-bond donors (Lipinski definition) is 3. The second-order valence-corrected chi connectivity index (χ2v) is 3.72. The number of carbonyl (C=O) groups is 2. The quantitative estimate of drug-likeness (QED) is 0.760. The van der Waals surface area contributed by atoms with Crippen molar-refractivity contribution in [2.45, 2.75) is 19.9 Å². The van der Waals surface area contributed by atoms with Gasteiger partial charge in [-0.2, -0.15) is 0 Å².